The van der Waals surface area contributed by atoms with Gasteiger partial charge in [-0.1, -0.05) is 96.2 Å². The summed E-state index contributed by atoms with van der Waals surface area (Å²) in [7, 11) is 0. The largest absolute Gasteiger partial charge is 0.489 e. The molecule has 1 unspecified atom stereocenters. The number of nitrogens with zero attached hydrogens (tertiary/aromatic N) is 3. The lowest BCUT2D eigenvalue weighted by atomic mass is 10.1. The van der Waals surface area contributed by atoms with Crippen LogP contribution in [0.15, 0.2) is 120 Å². The highest BCUT2D eigenvalue weighted by Crippen LogP contribution is 2.39. The molecule has 1 aliphatic heterocycles. The van der Waals surface area contributed by atoms with Crippen LogP contribution in [0.1, 0.15) is 29.7 Å². The third-order valence-corrected chi connectivity index (χ3v) is 8.57. The van der Waals surface area contributed by atoms with E-state index in [-0.39, 0.29) is 11.9 Å². The molecule has 0 aliphatic carbocycles. The van der Waals surface area contributed by atoms with Crippen LogP contribution < -0.4 is 4.74 Å². The summed E-state index contributed by atoms with van der Waals surface area (Å²) in [6, 6.07) is 35.1. The predicted molar refractivity (Wildman–Crippen MR) is 175 cm³/mol. The van der Waals surface area contributed by atoms with Gasteiger partial charge in [-0.2, -0.15) is 5.10 Å². The third kappa shape index (κ3) is 6.04. The van der Waals surface area contributed by atoms with Gasteiger partial charge < -0.3 is 4.74 Å². The number of hydrogen-bond acceptors (Lipinski definition) is 5. The van der Waals surface area contributed by atoms with Crippen molar-refractivity contribution < 1.29 is 9.53 Å². The third-order valence-electron chi connectivity index (χ3n) is 6.99. The van der Waals surface area contributed by atoms with Crippen molar-refractivity contribution in [1.29, 1.82) is 0 Å². The lowest BCUT2D eigenvalue weighted by Gasteiger charge is -2.23. The number of rotatable bonds is 8. The van der Waals surface area contributed by atoms with Crippen LogP contribution in [0.3, 0.4) is 0 Å². The molecule has 1 aliphatic rings. The number of carbonyl (C=O) groups is 1. The van der Waals surface area contributed by atoms with E-state index < -0.39 is 0 Å². The van der Waals surface area contributed by atoms with Crippen molar-refractivity contribution >= 4 is 51.9 Å². The summed E-state index contributed by atoms with van der Waals surface area (Å²) in [5, 5.41) is 5.62. The van der Waals surface area contributed by atoms with Crippen LogP contribution in [0.4, 0.5) is 0 Å². The molecule has 0 spiro atoms. The van der Waals surface area contributed by atoms with Crippen molar-refractivity contribution in [2.24, 2.45) is 0 Å². The van der Waals surface area contributed by atoms with Crippen LogP contribution in [0.25, 0.3) is 23.0 Å². The Bertz CT molecular complexity index is 1750. The van der Waals surface area contributed by atoms with E-state index in [1.807, 2.05) is 133 Å². The fourth-order valence-corrected chi connectivity index (χ4v) is 6.26. The van der Waals surface area contributed by atoms with Crippen LogP contribution >= 0.6 is 35.6 Å². The van der Waals surface area contributed by atoms with E-state index in [0.29, 0.717) is 20.9 Å². The highest BCUT2D eigenvalue weighted by atomic mass is 35.5. The van der Waals surface area contributed by atoms with Gasteiger partial charge >= 0.3 is 0 Å². The van der Waals surface area contributed by atoms with Gasteiger partial charge in [-0.3, -0.25) is 9.69 Å². The lowest BCUT2D eigenvalue weighted by molar-refractivity contribution is -0.123. The summed E-state index contributed by atoms with van der Waals surface area (Å²) in [6.45, 7) is 2.44. The van der Waals surface area contributed by atoms with Gasteiger partial charge in [0.25, 0.3) is 5.91 Å². The van der Waals surface area contributed by atoms with Gasteiger partial charge in [0.15, 0.2) is 0 Å². The first-order valence-electron chi connectivity index (χ1n) is 13.4. The van der Waals surface area contributed by atoms with E-state index in [1.165, 1.54) is 11.8 Å². The van der Waals surface area contributed by atoms with Gasteiger partial charge in [-0.15, -0.1) is 0 Å². The number of carbonyl (C=O) groups excluding carboxylic acids is 1. The Labute approximate surface area is 259 Å². The second-order valence-corrected chi connectivity index (χ2v) is 11.9. The molecule has 0 radical (unpaired) electrons. The molecule has 1 saturated heterocycles. The number of benzene rings is 4. The molecule has 5 nitrogen and oxygen atoms in total. The maximum atomic E-state index is 13.6. The molecule has 0 saturated carbocycles. The van der Waals surface area contributed by atoms with Gasteiger partial charge in [0, 0.05) is 22.3 Å². The number of ether oxygens (including phenoxy) is 1. The molecule has 4 aromatic carbocycles. The topological polar surface area (TPSA) is 47.4 Å². The Morgan fingerprint density at radius 1 is 0.929 bits per heavy atom. The molecule has 8 heteroatoms. The molecule has 0 N–H and O–H groups in total. The summed E-state index contributed by atoms with van der Waals surface area (Å²) in [4.78, 5) is 15.9. The van der Waals surface area contributed by atoms with Crippen LogP contribution in [-0.2, 0) is 11.4 Å². The number of halogens is 1. The number of thioether (sulfide) groups is 1. The van der Waals surface area contributed by atoms with Gasteiger partial charge in [-0.05, 0) is 72.7 Å². The maximum absolute atomic E-state index is 13.6. The normalized spacial score (nSPS) is 14.9. The molecule has 42 heavy (non-hydrogen) atoms. The van der Waals surface area contributed by atoms with Crippen molar-refractivity contribution in [3.8, 4) is 22.7 Å². The Balaban J connectivity index is 1.30. The van der Waals surface area contributed by atoms with Crippen molar-refractivity contribution in [2.45, 2.75) is 19.6 Å². The standard InChI is InChI=1S/C34H26ClN3O2S2/c1-23(25-8-4-2-5-9-25)38-33(39)31(42-34(38)41)20-27-21-37(29-10-6-3-7-11-29)36-32(27)26-14-18-30(19-15-26)40-22-24-12-16-28(35)17-13-24/h2-21,23H,22H2,1H3. The number of amides is 1. The van der Waals surface area contributed by atoms with Gasteiger partial charge in [0.1, 0.15) is 16.7 Å². The molecule has 1 atom stereocenters. The Morgan fingerprint density at radius 3 is 2.29 bits per heavy atom. The van der Waals surface area contributed by atoms with Gasteiger partial charge in [0.05, 0.1) is 22.3 Å². The summed E-state index contributed by atoms with van der Waals surface area (Å²) in [6.07, 6.45) is 3.84. The van der Waals surface area contributed by atoms with Crippen LogP contribution in [0.2, 0.25) is 5.02 Å². The summed E-state index contributed by atoms with van der Waals surface area (Å²) in [5.41, 5.74) is 5.47. The van der Waals surface area contributed by atoms with Gasteiger partial charge in [0.2, 0.25) is 0 Å². The molecule has 5 aromatic rings. The predicted octanol–water partition coefficient (Wildman–Crippen LogP) is 8.73. The fraction of sp³-hybridized carbons (Fsp3) is 0.0882. The maximum Gasteiger partial charge on any atom is 0.266 e. The molecule has 2 heterocycles. The Hall–Kier alpha value is -4.17. The smallest absolute Gasteiger partial charge is 0.266 e. The van der Waals surface area contributed by atoms with Gasteiger partial charge in [-0.25, -0.2) is 4.68 Å². The average molecular weight is 608 g/mol. The van der Waals surface area contributed by atoms with E-state index in [4.69, 9.17) is 33.7 Å². The van der Waals surface area contributed by atoms with Crippen LogP contribution in [-0.4, -0.2) is 24.9 Å². The first-order chi connectivity index (χ1) is 20.5. The molecule has 208 valence electrons. The second kappa shape index (κ2) is 12.4. The van der Waals surface area contributed by atoms with Crippen molar-refractivity contribution in [3.05, 3.63) is 142 Å². The van der Waals surface area contributed by atoms with Crippen LogP contribution in [0, 0.1) is 0 Å². The van der Waals surface area contributed by atoms with E-state index in [0.717, 1.165) is 39.4 Å². The number of aromatic nitrogens is 2. The first-order valence-corrected chi connectivity index (χ1v) is 15.0. The molecular formula is C34H26ClN3O2S2. The van der Waals surface area contributed by atoms with Crippen molar-refractivity contribution in [3.63, 3.8) is 0 Å². The minimum Gasteiger partial charge on any atom is -0.489 e. The summed E-state index contributed by atoms with van der Waals surface area (Å²) >= 11 is 13.0. The number of thiocarbonyl (C=S) groups is 1. The quantitative estimate of drug-likeness (QED) is 0.130. The van der Waals surface area contributed by atoms with Crippen molar-refractivity contribution in [2.75, 3.05) is 0 Å². The van der Waals surface area contributed by atoms with E-state index in [2.05, 4.69) is 0 Å². The average Bonchev–Trinajstić information content (AvgIpc) is 3.57. The zero-order chi connectivity index (χ0) is 29.1. The van der Waals surface area contributed by atoms with E-state index in [1.54, 1.807) is 4.90 Å². The number of para-hydroxylation sites is 1. The lowest BCUT2D eigenvalue weighted by Crippen LogP contribution is -2.30. The zero-order valence-electron chi connectivity index (χ0n) is 22.7. The van der Waals surface area contributed by atoms with E-state index in [9.17, 15) is 4.79 Å². The van der Waals surface area contributed by atoms with E-state index >= 15 is 0 Å². The molecular weight excluding hydrogens is 582 g/mol. The first kappa shape index (κ1) is 28.0. The highest BCUT2D eigenvalue weighted by Gasteiger charge is 2.36. The SMILES string of the molecule is CC(c1ccccc1)N1C(=O)C(=Cc2cn(-c3ccccc3)nc2-c2ccc(OCc3ccc(Cl)cc3)cc2)SC1=S. The monoisotopic (exact) mass is 607 g/mol. The summed E-state index contributed by atoms with van der Waals surface area (Å²) < 4.78 is 8.36. The second-order valence-electron chi connectivity index (χ2n) is 9.79. The zero-order valence-corrected chi connectivity index (χ0v) is 25.1. The molecule has 1 amide bonds. The molecule has 1 aromatic heterocycles. The molecule has 6 rings (SSSR count). The Kier molecular flexibility index (Phi) is 8.24. The molecule has 1 fully saturated rings. The van der Waals surface area contributed by atoms with Crippen molar-refractivity contribution in [1.82, 2.24) is 14.7 Å². The summed E-state index contributed by atoms with van der Waals surface area (Å²) in [5.74, 6) is 0.638. The molecule has 0 bridgehead atoms. The Morgan fingerprint density at radius 2 is 1.60 bits per heavy atom. The highest BCUT2D eigenvalue weighted by molar-refractivity contribution is 8.26. The fourth-order valence-electron chi connectivity index (χ4n) is 4.72. The minimum atomic E-state index is -0.170. The number of hydrogen-bond donors (Lipinski definition) is 0. The minimum absolute atomic E-state index is 0.106. The van der Waals surface area contributed by atoms with Crippen LogP contribution in [0.5, 0.6) is 5.75 Å².